The highest BCUT2D eigenvalue weighted by molar-refractivity contribution is 7.91. The van der Waals surface area contributed by atoms with E-state index in [1.54, 1.807) is 12.1 Å². The molecule has 4 N–H and O–H groups in total. The fourth-order valence-corrected chi connectivity index (χ4v) is 2.27. The summed E-state index contributed by atoms with van der Waals surface area (Å²) in [5.74, 6) is 0. The number of aliphatic hydroxyl groups is 2. The lowest BCUT2D eigenvalue weighted by atomic mass is 10.1. The summed E-state index contributed by atoms with van der Waals surface area (Å²) >= 11 is 0. The molecule has 90 valence electrons. The molecule has 0 radical (unpaired) electrons. The van der Waals surface area contributed by atoms with Crippen molar-refractivity contribution in [2.75, 3.05) is 18.6 Å². The van der Waals surface area contributed by atoms with Gasteiger partial charge in [0.2, 0.25) is 0 Å². The van der Waals surface area contributed by atoms with Gasteiger partial charge in [-0.05, 0) is 17.7 Å². The molecule has 6 heteroatoms. The van der Waals surface area contributed by atoms with Crippen LogP contribution in [0.4, 0.5) is 5.69 Å². The van der Waals surface area contributed by atoms with Gasteiger partial charge in [0.25, 0.3) is 0 Å². The normalized spacial score (nSPS) is 15.7. The van der Waals surface area contributed by atoms with E-state index < -0.39 is 27.8 Å². The van der Waals surface area contributed by atoms with Crippen molar-refractivity contribution in [2.24, 2.45) is 0 Å². The van der Waals surface area contributed by atoms with Crippen LogP contribution in [0.2, 0.25) is 0 Å². The van der Waals surface area contributed by atoms with Gasteiger partial charge in [-0.2, -0.15) is 0 Å². The highest BCUT2D eigenvalue weighted by Gasteiger charge is 2.29. The molecule has 1 aromatic carbocycles. The van der Waals surface area contributed by atoms with Gasteiger partial charge in [0, 0.05) is 11.9 Å². The lowest BCUT2D eigenvalue weighted by Gasteiger charge is -2.19. The van der Waals surface area contributed by atoms with Crippen molar-refractivity contribution in [1.29, 1.82) is 0 Å². The molecule has 0 spiro atoms. The van der Waals surface area contributed by atoms with Crippen molar-refractivity contribution in [1.82, 2.24) is 0 Å². The Balaban J connectivity index is 3.00. The van der Waals surface area contributed by atoms with E-state index in [2.05, 4.69) is 0 Å². The zero-order valence-corrected chi connectivity index (χ0v) is 9.68. The van der Waals surface area contributed by atoms with Crippen LogP contribution in [0.25, 0.3) is 0 Å². The van der Waals surface area contributed by atoms with Gasteiger partial charge in [-0.1, -0.05) is 12.1 Å². The summed E-state index contributed by atoms with van der Waals surface area (Å²) in [5.41, 5.74) is 6.41. The van der Waals surface area contributed by atoms with Crippen LogP contribution in [0, 0.1) is 0 Å². The molecule has 2 atom stereocenters. The molecule has 0 aliphatic carbocycles. The fourth-order valence-electron chi connectivity index (χ4n) is 1.38. The Labute approximate surface area is 94.4 Å². The molecule has 0 aliphatic rings. The van der Waals surface area contributed by atoms with E-state index in [9.17, 15) is 13.5 Å². The molecule has 1 aromatic rings. The molecule has 0 bridgehead atoms. The van der Waals surface area contributed by atoms with Crippen LogP contribution in [-0.4, -0.2) is 36.7 Å². The number of sulfone groups is 1. The van der Waals surface area contributed by atoms with Crippen LogP contribution >= 0.6 is 0 Å². The minimum Gasteiger partial charge on any atom is -0.399 e. The highest BCUT2D eigenvalue weighted by atomic mass is 32.2. The maximum absolute atomic E-state index is 11.3. The molecule has 5 nitrogen and oxygen atoms in total. The lowest BCUT2D eigenvalue weighted by molar-refractivity contribution is 0.138. The summed E-state index contributed by atoms with van der Waals surface area (Å²) in [4.78, 5) is 0. The molecule has 0 heterocycles. The molecule has 0 fully saturated rings. The number of nitrogen functional groups attached to an aromatic ring is 1. The van der Waals surface area contributed by atoms with Crippen LogP contribution in [0.15, 0.2) is 24.3 Å². The van der Waals surface area contributed by atoms with Gasteiger partial charge in [0.05, 0.1) is 12.7 Å². The second kappa shape index (κ2) is 4.82. The second-order valence-corrected chi connectivity index (χ2v) is 5.93. The number of aliphatic hydroxyl groups excluding tert-OH is 2. The lowest BCUT2D eigenvalue weighted by Crippen LogP contribution is -2.31. The van der Waals surface area contributed by atoms with E-state index in [-0.39, 0.29) is 0 Å². The first-order valence-electron chi connectivity index (χ1n) is 4.69. The first kappa shape index (κ1) is 13.0. The third kappa shape index (κ3) is 2.94. The molecular weight excluding hydrogens is 230 g/mol. The van der Waals surface area contributed by atoms with Crippen molar-refractivity contribution >= 4 is 15.5 Å². The van der Waals surface area contributed by atoms with Gasteiger partial charge in [-0.3, -0.25) is 0 Å². The molecule has 0 amide bonds. The van der Waals surface area contributed by atoms with Crippen LogP contribution in [0.1, 0.15) is 11.7 Å². The van der Waals surface area contributed by atoms with Crippen molar-refractivity contribution in [3.05, 3.63) is 29.8 Å². The molecule has 0 saturated carbocycles. The third-order valence-corrected chi connectivity index (χ3v) is 3.87. The Bertz CT molecular complexity index is 440. The van der Waals surface area contributed by atoms with Crippen LogP contribution in [-0.2, 0) is 9.84 Å². The predicted molar refractivity (Wildman–Crippen MR) is 61.5 cm³/mol. The molecule has 16 heavy (non-hydrogen) atoms. The van der Waals surface area contributed by atoms with Gasteiger partial charge in [0.1, 0.15) is 5.25 Å². The summed E-state index contributed by atoms with van der Waals surface area (Å²) in [7, 11) is -3.50. The number of benzene rings is 1. The van der Waals surface area contributed by atoms with Crippen LogP contribution in [0.5, 0.6) is 0 Å². The number of hydrogen-bond donors (Lipinski definition) is 3. The maximum atomic E-state index is 11.3. The highest BCUT2D eigenvalue weighted by Crippen LogP contribution is 2.22. The Morgan fingerprint density at radius 3 is 2.19 bits per heavy atom. The largest absolute Gasteiger partial charge is 0.399 e. The maximum Gasteiger partial charge on any atom is 0.155 e. The number of nitrogens with two attached hydrogens (primary N) is 1. The molecular formula is C10H15NO4S. The SMILES string of the molecule is CS(=O)(=O)C(CO)C(O)c1ccc(N)cc1. The zero-order chi connectivity index (χ0) is 12.3. The molecule has 0 aliphatic heterocycles. The van der Waals surface area contributed by atoms with Crippen LogP contribution in [0.3, 0.4) is 0 Å². The quantitative estimate of drug-likeness (QED) is 0.633. The Morgan fingerprint density at radius 1 is 1.31 bits per heavy atom. The average molecular weight is 245 g/mol. The molecule has 0 saturated heterocycles. The topological polar surface area (TPSA) is 101 Å². The standard InChI is InChI=1S/C10H15NO4S/c1-16(14,15)9(6-12)10(13)7-2-4-8(11)5-3-7/h2-5,9-10,12-13H,6,11H2,1H3. The summed E-state index contributed by atoms with van der Waals surface area (Å²) in [6.07, 6.45) is -0.269. The summed E-state index contributed by atoms with van der Waals surface area (Å²) in [5, 5.41) is 17.6. The van der Waals surface area contributed by atoms with E-state index >= 15 is 0 Å². The zero-order valence-electron chi connectivity index (χ0n) is 8.87. The smallest absolute Gasteiger partial charge is 0.155 e. The van der Waals surface area contributed by atoms with Gasteiger partial charge in [-0.15, -0.1) is 0 Å². The fraction of sp³-hybridized carbons (Fsp3) is 0.400. The predicted octanol–water partition coefficient (Wildman–Crippen LogP) is -0.292. The second-order valence-electron chi connectivity index (χ2n) is 3.66. The van der Waals surface area contributed by atoms with Gasteiger partial charge in [-0.25, -0.2) is 8.42 Å². The summed E-state index contributed by atoms with van der Waals surface area (Å²) in [6.45, 7) is -0.621. The number of hydrogen-bond acceptors (Lipinski definition) is 5. The van der Waals surface area contributed by atoms with Crippen molar-refractivity contribution in [3.8, 4) is 0 Å². The number of anilines is 1. The third-order valence-electron chi connectivity index (χ3n) is 2.36. The van der Waals surface area contributed by atoms with E-state index in [1.165, 1.54) is 12.1 Å². The summed E-state index contributed by atoms with van der Waals surface area (Å²) in [6, 6.07) is 6.20. The minimum atomic E-state index is -3.50. The van der Waals surface area contributed by atoms with Gasteiger partial charge in [0.15, 0.2) is 9.84 Å². The average Bonchev–Trinajstić information content (AvgIpc) is 2.17. The summed E-state index contributed by atoms with van der Waals surface area (Å²) < 4.78 is 22.6. The molecule has 1 rings (SSSR count). The van der Waals surface area contributed by atoms with Gasteiger partial charge >= 0.3 is 0 Å². The first-order valence-corrected chi connectivity index (χ1v) is 6.65. The molecule has 2 unspecified atom stereocenters. The monoisotopic (exact) mass is 245 g/mol. The minimum absolute atomic E-state index is 0.415. The molecule has 0 aromatic heterocycles. The Morgan fingerprint density at radius 2 is 1.81 bits per heavy atom. The van der Waals surface area contributed by atoms with E-state index in [0.717, 1.165) is 6.26 Å². The van der Waals surface area contributed by atoms with Crippen molar-refractivity contribution < 1.29 is 18.6 Å². The number of rotatable bonds is 4. The van der Waals surface area contributed by atoms with Gasteiger partial charge < -0.3 is 15.9 Å². The van der Waals surface area contributed by atoms with Crippen molar-refractivity contribution in [2.45, 2.75) is 11.4 Å². The van der Waals surface area contributed by atoms with E-state index in [4.69, 9.17) is 10.8 Å². The van der Waals surface area contributed by atoms with Crippen LogP contribution < -0.4 is 5.73 Å². The van der Waals surface area contributed by atoms with E-state index in [0.29, 0.717) is 11.3 Å². The van der Waals surface area contributed by atoms with Crippen molar-refractivity contribution in [3.63, 3.8) is 0 Å². The Hall–Kier alpha value is -1.11. The van der Waals surface area contributed by atoms with E-state index in [1.807, 2.05) is 0 Å². The Kier molecular flexibility index (Phi) is 3.90. The first-order chi connectivity index (χ1) is 7.36.